The number of hydrogen-bond donors (Lipinski definition) is 1. The number of nitrogens with zero attached hydrogens (tertiary/aromatic N) is 1. The third-order valence-electron chi connectivity index (χ3n) is 3.04. The van der Waals surface area contributed by atoms with E-state index in [2.05, 4.69) is 5.32 Å². The SMILES string of the molecule is CC(C)NC(=O)Cc1ccc2c(c1)CC(=O)N2C. The number of likely N-dealkylation sites (N-methyl/N-ethyl adjacent to an activating group) is 1. The van der Waals surface area contributed by atoms with E-state index in [0.29, 0.717) is 12.8 Å². The molecule has 2 rings (SSSR count). The first-order valence-electron chi connectivity index (χ1n) is 6.15. The van der Waals surface area contributed by atoms with E-state index in [-0.39, 0.29) is 17.9 Å². The summed E-state index contributed by atoms with van der Waals surface area (Å²) in [6.45, 7) is 3.88. The highest BCUT2D eigenvalue weighted by molar-refractivity contribution is 6.01. The van der Waals surface area contributed by atoms with E-state index >= 15 is 0 Å². The van der Waals surface area contributed by atoms with Gasteiger partial charge in [-0.1, -0.05) is 12.1 Å². The van der Waals surface area contributed by atoms with Gasteiger partial charge in [0.25, 0.3) is 0 Å². The van der Waals surface area contributed by atoms with Gasteiger partial charge < -0.3 is 10.2 Å². The van der Waals surface area contributed by atoms with Crippen LogP contribution in [0.1, 0.15) is 25.0 Å². The lowest BCUT2D eigenvalue weighted by Gasteiger charge is -2.11. The van der Waals surface area contributed by atoms with Crippen molar-refractivity contribution in [3.8, 4) is 0 Å². The average molecular weight is 246 g/mol. The largest absolute Gasteiger partial charge is 0.354 e. The Morgan fingerprint density at radius 2 is 2.17 bits per heavy atom. The minimum absolute atomic E-state index is 0.0163. The zero-order valence-electron chi connectivity index (χ0n) is 11.0. The van der Waals surface area contributed by atoms with Crippen LogP contribution < -0.4 is 10.2 Å². The van der Waals surface area contributed by atoms with Crippen LogP contribution in [0.2, 0.25) is 0 Å². The van der Waals surface area contributed by atoms with E-state index in [4.69, 9.17) is 0 Å². The van der Waals surface area contributed by atoms with Crippen LogP contribution in [-0.2, 0) is 22.4 Å². The molecule has 1 N–H and O–H groups in total. The Balaban J connectivity index is 2.11. The third-order valence-corrected chi connectivity index (χ3v) is 3.04. The Hall–Kier alpha value is -1.84. The van der Waals surface area contributed by atoms with Gasteiger partial charge in [0.1, 0.15) is 0 Å². The van der Waals surface area contributed by atoms with Gasteiger partial charge >= 0.3 is 0 Å². The molecule has 2 amide bonds. The summed E-state index contributed by atoms with van der Waals surface area (Å²) < 4.78 is 0. The lowest BCUT2D eigenvalue weighted by molar-refractivity contribution is -0.121. The van der Waals surface area contributed by atoms with Gasteiger partial charge in [-0.15, -0.1) is 0 Å². The van der Waals surface area contributed by atoms with Gasteiger partial charge in [-0.25, -0.2) is 0 Å². The zero-order chi connectivity index (χ0) is 13.3. The molecular weight excluding hydrogens is 228 g/mol. The number of hydrogen-bond acceptors (Lipinski definition) is 2. The van der Waals surface area contributed by atoms with Crippen LogP contribution in [0.5, 0.6) is 0 Å². The van der Waals surface area contributed by atoms with E-state index in [1.54, 1.807) is 11.9 Å². The number of carbonyl (C=O) groups excluding carboxylic acids is 2. The number of anilines is 1. The van der Waals surface area contributed by atoms with Crippen LogP contribution in [0, 0.1) is 0 Å². The van der Waals surface area contributed by atoms with Gasteiger partial charge in [-0.3, -0.25) is 9.59 Å². The van der Waals surface area contributed by atoms with Crippen molar-refractivity contribution in [1.82, 2.24) is 5.32 Å². The van der Waals surface area contributed by atoms with Gasteiger partial charge in [0.05, 0.1) is 12.8 Å². The zero-order valence-corrected chi connectivity index (χ0v) is 11.0. The minimum atomic E-state index is 0.0163. The molecule has 0 radical (unpaired) electrons. The summed E-state index contributed by atoms with van der Waals surface area (Å²) >= 11 is 0. The van der Waals surface area contributed by atoms with Crippen molar-refractivity contribution in [2.75, 3.05) is 11.9 Å². The second-order valence-corrected chi connectivity index (χ2v) is 4.99. The highest BCUT2D eigenvalue weighted by atomic mass is 16.2. The van der Waals surface area contributed by atoms with E-state index in [9.17, 15) is 9.59 Å². The molecule has 0 bridgehead atoms. The monoisotopic (exact) mass is 246 g/mol. The third kappa shape index (κ3) is 2.53. The lowest BCUT2D eigenvalue weighted by Crippen LogP contribution is -2.31. The van der Waals surface area contributed by atoms with Crippen molar-refractivity contribution in [3.05, 3.63) is 29.3 Å². The molecule has 1 aromatic carbocycles. The molecule has 0 spiro atoms. The highest BCUT2D eigenvalue weighted by Crippen LogP contribution is 2.28. The van der Waals surface area contributed by atoms with Crippen molar-refractivity contribution in [3.63, 3.8) is 0 Å². The van der Waals surface area contributed by atoms with Gasteiger partial charge in [-0.05, 0) is 31.0 Å². The van der Waals surface area contributed by atoms with Crippen LogP contribution in [0.25, 0.3) is 0 Å². The Morgan fingerprint density at radius 1 is 1.44 bits per heavy atom. The fourth-order valence-corrected chi connectivity index (χ4v) is 2.19. The maximum absolute atomic E-state index is 11.7. The number of benzene rings is 1. The predicted octanol–water partition coefficient (Wildman–Crippen LogP) is 1.27. The normalized spacial score (nSPS) is 14.0. The Kier molecular flexibility index (Phi) is 3.36. The number of fused-ring (bicyclic) bond motifs is 1. The molecule has 1 aliphatic heterocycles. The Bertz CT molecular complexity index is 495. The van der Waals surface area contributed by atoms with Crippen LogP contribution in [0.3, 0.4) is 0 Å². The number of carbonyl (C=O) groups is 2. The Labute approximate surface area is 107 Å². The Morgan fingerprint density at radius 3 is 2.83 bits per heavy atom. The smallest absolute Gasteiger partial charge is 0.231 e. The molecule has 1 heterocycles. The molecule has 1 aliphatic rings. The van der Waals surface area contributed by atoms with E-state index < -0.39 is 0 Å². The van der Waals surface area contributed by atoms with Gasteiger partial charge in [-0.2, -0.15) is 0 Å². The molecule has 1 aromatic rings. The topological polar surface area (TPSA) is 49.4 Å². The lowest BCUT2D eigenvalue weighted by atomic mass is 10.1. The first-order chi connectivity index (χ1) is 8.47. The fourth-order valence-electron chi connectivity index (χ4n) is 2.19. The molecule has 0 saturated carbocycles. The first-order valence-corrected chi connectivity index (χ1v) is 6.15. The summed E-state index contributed by atoms with van der Waals surface area (Å²) in [5.74, 6) is 0.122. The summed E-state index contributed by atoms with van der Waals surface area (Å²) in [5, 5.41) is 2.86. The van der Waals surface area contributed by atoms with Gasteiger partial charge in [0.15, 0.2) is 0 Å². The summed E-state index contributed by atoms with van der Waals surface area (Å²) in [6, 6.07) is 5.93. The van der Waals surface area contributed by atoms with Crippen LogP contribution in [0.15, 0.2) is 18.2 Å². The van der Waals surface area contributed by atoms with Crippen molar-refractivity contribution in [1.29, 1.82) is 0 Å². The van der Waals surface area contributed by atoms with Crippen LogP contribution >= 0.6 is 0 Å². The summed E-state index contributed by atoms with van der Waals surface area (Å²) in [7, 11) is 1.78. The maximum atomic E-state index is 11.7. The second kappa shape index (κ2) is 4.80. The van der Waals surface area contributed by atoms with E-state index in [0.717, 1.165) is 16.8 Å². The quantitative estimate of drug-likeness (QED) is 0.873. The van der Waals surface area contributed by atoms with Crippen molar-refractivity contribution >= 4 is 17.5 Å². The van der Waals surface area contributed by atoms with E-state index in [1.165, 1.54) is 0 Å². The second-order valence-electron chi connectivity index (χ2n) is 4.99. The van der Waals surface area contributed by atoms with Crippen LogP contribution in [-0.4, -0.2) is 24.9 Å². The summed E-state index contributed by atoms with van der Waals surface area (Å²) in [5.41, 5.74) is 2.92. The fraction of sp³-hybridized carbons (Fsp3) is 0.429. The molecule has 96 valence electrons. The summed E-state index contributed by atoms with van der Waals surface area (Å²) in [4.78, 5) is 24.9. The molecule has 0 aromatic heterocycles. The van der Waals surface area contributed by atoms with E-state index in [1.807, 2.05) is 32.0 Å². The van der Waals surface area contributed by atoms with Gasteiger partial charge in [0.2, 0.25) is 11.8 Å². The molecule has 4 heteroatoms. The standard InChI is InChI=1S/C14H18N2O2/c1-9(2)15-13(17)7-10-4-5-12-11(6-10)8-14(18)16(12)3/h4-6,9H,7-8H2,1-3H3,(H,15,17). The molecule has 18 heavy (non-hydrogen) atoms. The highest BCUT2D eigenvalue weighted by Gasteiger charge is 2.23. The molecule has 0 saturated heterocycles. The molecule has 4 nitrogen and oxygen atoms in total. The average Bonchev–Trinajstić information content (AvgIpc) is 2.53. The van der Waals surface area contributed by atoms with Gasteiger partial charge in [0, 0.05) is 18.8 Å². The number of rotatable bonds is 3. The molecule has 0 atom stereocenters. The van der Waals surface area contributed by atoms with Crippen molar-refractivity contribution in [2.45, 2.75) is 32.7 Å². The number of amides is 2. The van der Waals surface area contributed by atoms with Crippen LogP contribution in [0.4, 0.5) is 5.69 Å². The minimum Gasteiger partial charge on any atom is -0.354 e. The summed E-state index contributed by atoms with van der Waals surface area (Å²) in [6.07, 6.45) is 0.800. The number of nitrogens with one attached hydrogen (secondary N) is 1. The molecule has 0 fully saturated rings. The predicted molar refractivity (Wildman–Crippen MR) is 70.5 cm³/mol. The molecule has 0 unspecified atom stereocenters. The molecule has 0 aliphatic carbocycles. The maximum Gasteiger partial charge on any atom is 0.231 e. The van der Waals surface area contributed by atoms with Crippen molar-refractivity contribution < 1.29 is 9.59 Å². The van der Waals surface area contributed by atoms with Crippen molar-refractivity contribution in [2.24, 2.45) is 0 Å². The molecular formula is C14H18N2O2. The first kappa shape index (κ1) is 12.6.